The van der Waals surface area contributed by atoms with Crippen molar-refractivity contribution in [2.45, 2.75) is 51.9 Å². The van der Waals surface area contributed by atoms with E-state index in [1.807, 2.05) is 0 Å². The molecule has 1 fully saturated rings. The lowest BCUT2D eigenvalue weighted by molar-refractivity contribution is 0.305. The van der Waals surface area contributed by atoms with E-state index in [0.717, 1.165) is 35.4 Å². The summed E-state index contributed by atoms with van der Waals surface area (Å²) in [5, 5.41) is 0.636. The topological polar surface area (TPSA) is 29.0 Å². The van der Waals surface area contributed by atoms with Crippen molar-refractivity contribution in [3.8, 4) is 0 Å². The predicted octanol–water partition coefficient (Wildman–Crippen LogP) is 4.28. The summed E-state index contributed by atoms with van der Waals surface area (Å²) in [6, 6.07) is 0. The molecule has 1 aromatic rings. The van der Waals surface area contributed by atoms with Crippen LogP contribution in [0.2, 0.25) is 5.15 Å². The van der Waals surface area contributed by atoms with E-state index >= 15 is 0 Å². The molecule has 20 heavy (non-hydrogen) atoms. The van der Waals surface area contributed by atoms with E-state index in [1.165, 1.54) is 31.4 Å². The van der Waals surface area contributed by atoms with Crippen molar-refractivity contribution in [1.82, 2.24) is 14.9 Å². The average molecular weight is 408 g/mol. The van der Waals surface area contributed by atoms with Gasteiger partial charge in [0.1, 0.15) is 11.0 Å². The molecule has 0 amide bonds. The molecule has 2 rings (SSSR count). The van der Waals surface area contributed by atoms with E-state index in [4.69, 9.17) is 16.6 Å². The van der Waals surface area contributed by atoms with Gasteiger partial charge in [0, 0.05) is 18.9 Å². The van der Waals surface area contributed by atoms with Gasteiger partial charge in [-0.3, -0.25) is 0 Å². The van der Waals surface area contributed by atoms with Crippen LogP contribution in [0.15, 0.2) is 0 Å². The number of hydrogen-bond donors (Lipinski definition) is 0. The van der Waals surface area contributed by atoms with E-state index < -0.39 is 0 Å². The molecule has 0 radical (unpaired) electrons. The minimum absolute atomic E-state index is 0.592. The van der Waals surface area contributed by atoms with Crippen molar-refractivity contribution < 1.29 is 0 Å². The summed E-state index contributed by atoms with van der Waals surface area (Å²) < 4.78 is 1.06. The molecule has 0 aromatic carbocycles. The maximum atomic E-state index is 6.31. The van der Waals surface area contributed by atoms with Crippen LogP contribution in [0.3, 0.4) is 0 Å². The van der Waals surface area contributed by atoms with Crippen molar-refractivity contribution in [3.05, 3.63) is 20.2 Å². The average Bonchev–Trinajstić information content (AvgIpc) is 2.97. The number of halogens is 2. The fraction of sp³-hybridized carbons (Fsp3) is 0.733. The molecule has 1 aromatic heterocycles. The third-order valence-corrected chi connectivity index (χ3v) is 5.83. The zero-order chi connectivity index (χ0) is 14.5. The summed E-state index contributed by atoms with van der Waals surface area (Å²) in [5.74, 6) is 1.50. The monoisotopic (exact) mass is 407 g/mol. The number of likely N-dealkylation sites (N-methyl/N-ethyl adjacent to an activating group) is 1. The van der Waals surface area contributed by atoms with Crippen molar-refractivity contribution in [2.24, 2.45) is 0 Å². The fourth-order valence-electron chi connectivity index (χ4n) is 2.86. The molecule has 5 heteroatoms. The maximum absolute atomic E-state index is 6.31. The Bertz CT molecular complexity index is 443. The third kappa shape index (κ3) is 4.04. The first kappa shape index (κ1) is 16.4. The molecule has 1 saturated carbocycles. The summed E-state index contributed by atoms with van der Waals surface area (Å²) >= 11 is 8.61. The first-order valence-corrected chi connectivity index (χ1v) is 9.05. The standard InChI is InChI=1S/C15H23ClIN3/c1-3-20(4-2)10-9-12-18-14(11-7-5-6-8-11)13(17)15(16)19-12/h11H,3-10H2,1-2H3. The van der Waals surface area contributed by atoms with Crippen molar-refractivity contribution in [1.29, 1.82) is 0 Å². The van der Waals surface area contributed by atoms with Crippen LogP contribution in [-0.2, 0) is 6.42 Å². The Labute approximate surface area is 140 Å². The normalized spacial score (nSPS) is 16.2. The summed E-state index contributed by atoms with van der Waals surface area (Å²) in [7, 11) is 0. The minimum Gasteiger partial charge on any atom is -0.303 e. The third-order valence-electron chi connectivity index (χ3n) is 4.17. The molecule has 0 unspecified atom stereocenters. The van der Waals surface area contributed by atoms with Crippen LogP contribution in [-0.4, -0.2) is 34.5 Å². The molecular weight excluding hydrogens is 385 g/mol. The second-order valence-corrected chi connectivity index (χ2v) is 6.82. The zero-order valence-corrected chi connectivity index (χ0v) is 15.2. The fourth-order valence-corrected chi connectivity index (χ4v) is 3.74. The molecule has 0 N–H and O–H groups in total. The number of nitrogens with zero attached hydrogens (tertiary/aromatic N) is 3. The Morgan fingerprint density at radius 3 is 2.45 bits per heavy atom. The number of aromatic nitrogens is 2. The van der Waals surface area contributed by atoms with Gasteiger partial charge in [-0.05, 0) is 48.5 Å². The highest BCUT2D eigenvalue weighted by atomic mass is 127. The molecule has 0 spiro atoms. The van der Waals surface area contributed by atoms with Gasteiger partial charge >= 0.3 is 0 Å². The van der Waals surface area contributed by atoms with Gasteiger partial charge in [0.25, 0.3) is 0 Å². The number of rotatable bonds is 6. The van der Waals surface area contributed by atoms with Crippen LogP contribution in [0.5, 0.6) is 0 Å². The molecule has 1 aliphatic carbocycles. The molecule has 3 nitrogen and oxygen atoms in total. The zero-order valence-electron chi connectivity index (χ0n) is 12.3. The van der Waals surface area contributed by atoms with E-state index in [-0.39, 0.29) is 0 Å². The molecule has 0 atom stereocenters. The second kappa shape index (κ2) is 7.90. The van der Waals surface area contributed by atoms with Crippen LogP contribution in [0.4, 0.5) is 0 Å². The molecule has 0 bridgehead atoms. The highest BCUT2D eigenvalue weighted by molar-refractivity contribution is 14.1. The first-order valence-electron chi connectivity index (χ1n) is 7.59. The Morgan fingerprint density at radius 1 is 1.20 bits per heavy atom. The van der Waals surface area contributed by atoms with Crippen molar-refractivity contribution in [3.63, 3.8) is 0 Å². The van der Waals surface area contributed by atoms with Gasteiger partial charge in [-0.15, -0.1) is 0 Å². The van der Waals surface area contributed by atoms with Gasteiger partial charge in [-0.2, -0.15) is 0 Å². The lowest BCUT2D eigenvalue weighted by atomic mass is 10.0. The summed E-state index contributed by atoms with van der Waals surface area (Å²) in [6.07, 6.45) is 6.02. The van der Waals surface area contributed by atoms with Gasteiger partial charge in [0.2, 0.25) is 0 Å². The minimum atomic E-state index is 0.592. The van der Waals surface area contributed by atoms with Crippen LogP contribution in [0.25, 0.3) is 0 Å². The molecule has 0 saturated heterocycles. The highest BCUT2D eigenvalue weighted by Gasteiger charge is 2.23. The summed E-state index contributed by atoms with van der Waals surface area (Å²) in [4.78, 5) is 11.7. The molecule has 1 aliphatic rings. The van der Waals surface area contributed by atoms with Crippen LogP contribution in [0.1, 0.15) is 57.0 Å². The van der Waals surface area contributed by atoms with Crippen molar-refractivity contribution in [2.75, 3.05) is 19.6 Å². The lowest BCUT2D eigenvalue weighted by Crippen LogP contribution is -2.26. The van der Waals surface area contributed by atoms with Crippen LogP contribution >= 0.6 is 34.2 Å². The maximum Gasteiger partial charge on any atom is 0.146 e. The van der Waals surface area contributed by atoms with Gasteiger partial charge < -0.3 is 4.90 Å². The van der Waals surface area contributed by atoms with Gasteiger partial charge in [-0.1, -0.05) is 38.3 Å². The largest absolute Gasteiger partial charge is 0.303 e. The smallest absolute Gasteiger partial charge is 0.146 e. The van der Waals surface area contributed by atoms with E-state index in [1.54, 1.807) is 0 Å². The highest BCUT2D eigenvalue weighted by Crippen LogP contribution is 2.36. The lowest BCUT2D eigenvalue weighted by Gasteiger charge is -2.18. The Hall–Kier alpha value is 0.0600. The van der Waals surface area contributed by atoms with Gasteiger partial charge in [0.05, 0.1) is 9.26 Å². The van der Waals surface area contributed by atoms with Crippen molar-refractivity contribution >= 4 is 34.2 Å². The Balaban J connectivity index is 2.13. The van der Waals surface area contributed by atoms with Gasteiger partial charge in [0.15, 0.2) is 0 Å². The molecule has 0 aliphatic heterocycles. The molecular formula is C15H23ClIN3. The Morgan fingerprint density at radius 2 is 1.85 bits per heavy atom. The molecule has 112 valence electrons. The van der Waals surface area contributed by atoms with Crippen LogP contribution in [0, 0.1) is 3.57 Å². The quantitative estimate of drug-likeness (QED) is 0.521. The summed E-state index contributed by atoms with van der Waals surface area (Å²) in [6.45, 7) is 7.53. The van der Waals surface area contributed by atoms with Crippen LogP contribution < -0.4 is 0 Å². The predicted molar refractivity (Wildman–Crippen MR) is 92.5 cm³/mol. The number of hydrogen-bond acceptors (Lipinski definition) is 3. The van der Waals surface area contributed by atoms with E-state index in [2.05, 4.69) is 46.3 Å². The summed E-state index contributed by atoms with van der Waals surface area (Å²) in [5.41, 5.74) is 1.19. The SMILES string of the molecule is CCN(CC)CCc1nc(Cl)c(I)c(C2CCCC2)n1. The van der Waals surface area contributed by atoms with Gasteiger partial charge in [-0.25, -0.2) is 9.97 Å². The first-order chi connectivity index (χ1) is 9.65. The van der Waals surface area contributed by atoms with E-state index in [0.29, 0.717) is 11.1 Å². The second-order valence-electron chi connectivity index (χ2n) is 5.39. The molecule has 1 heterocycles. The Kier molecular flexibility index (Phi) is 6.49. The van der Waals surface area contributed by atoms with E-state index in [9.17, 15) is 0 Å².